The predicted octanol–water partition coefficient (Wildman–Crippen LogP) is 3.99. The van der Waals surface area contributed by atoms with Crippen molar-refractivity contribution >= 4 is 47.0 Å². The fraction of sp³-hybridized carbons (Fsp3) is 0.450. The maximum absolute atomic E-state index is 10.8. The number of benzene rings is 1. The van der Waals surface area contributed by atoms with E-state index in [-0.39, 0.29) is 34.6 Å². The predicted molar refractivity (Wildman–Crippen MR) is 129 cm³/mol. The quantitative estimate of drug-likeness (QED) is 0.178. The lowest BCUT2D eigenvalue weighted by Gasteiger charge is -2.24. The van der Waals surface area contributed by atoms with Gasteiger partial charge in [-0.3, -0.25) is 15.0 Å². The zero-order valence-corrected chi connectivity index (χ0v) is 19.7. The summed E-state index contributed by atoms with van der Waals surface area (Å²) < 4.78 is 0. The number of aliphatic imine (C=N–C) groups is 1. The summed E-state index contributed by atoms with van der Waals surface area (Å²) >= 11 is 1.71. The minimum Gasteiger partial charge on any atom is -0.355 e. The van der Waals surface area contributed by atoms with Crippen molar-refractivity contribution in [3.05, 3.63) is 62.3 Å². The minimum atomic E-state index is -0.385. The summed E-state index contributed by atoms with van der Waals surface area (Å²) in [6.45, 7) is 6.51. The number of nitro groups is 1. The van der Waals surface area contributed by atoms with E-state index in [1.165, 1.54) is 36.4 Å². The molecule has 1 aliphatic rings. The first-order chi connectivity index (χ1) is 13.7. The number of hydrogen-bond donors (Lipinski definition) is 2. The van der Waals surface area contributed by atoms with E-state index < -0.39 is 0 Å². The van der Waals surface area contributed by atoms with Crippen LogP contribution in [0.4, 0.5) is 5.69 Å². The number of non-ortho nitro benzene ring substituents is 1. The van der Waals surface area contributed by atoms with Crippen LogP contribution in [-0.2, 0) is 13.1 Å². The highest BCUT2D eigenvalue weighted by molar-refractivity contribution is 14.0. The van der Waals surface area contributed by atoms with Crippen molar-refractivity contribution in [2.45, 2.75) is 38.9 Å². The fourth-order valence-electron chi connectivity index (χ4n) is 3.41. The van der Waals surface area contributed by atoms with Gasteiger partial charge < -0.3 is 10.6 Å². The number of halogens is 1. The SMILES string of the molecule is CCN1CCCC1CNC(=NCc1ccc([N+](=O)[O-])cc1)NCc1cccs1.I. The molecule has 3 rings (SSSR count). The van der Waals surface area contributed by atoms with E-state index >= 15 is 0 Å². The molecule has 2 aromatic rings. The zero-order valence-electron chi connectivity index (χ0n) is 16.5. The van der Waals surface area contributed by atoms with E-state index in [9.17, 15) is 10.1 Å². The van der Waals surface area contributed by atoms with Gasteiger partial charge in [0.15, 0.2) is 5.96 Å². The molecule has 158 valence electrons. The Hall–Kier alpha value is -1.72. The first kappa shape index (κ1) is 23.6. The number of rotatable bonds is 8. The molecule has 1 aromatic heterocycles. The lowest BCUT2D eigenvalue weighted by molar-refractivity contribution is -0.384. The number of guanidine groups is 1. The van der Waals surface area contributed by atoms with Gasteiger partial charge >= 0.3 is 0 Å². The molecule has 0 amide bonds. The van der Waals surface area contributed by atoms with Gasteiger partial charge in [-0.2, -0.15) is 0 Å². The van der Waals surface area contributed by atoms with Crippen LogP contribution in [0.15, 0.2) is 46.8 Å². The number of likely N-dealkylation sites (tertiary alicyclic amines) is 1. The summed E-state index contributed by atoms with van der Waals surface area (Å²) in [6, 6.07) is 11.2. The van der Waals surface area contributed by atoms with Crippen LogP contribution in [0.1, 0.15) is 30.2 Å². The van der Waals surface area contributed by atoms with Gasteiger partial charge in [-0.05, 0) is 42.9 Å². The minimum absolute atomic E-state index is 0. The second kappa shape index (κ2) is 12.1. The van der Waals surface area contributed by atoms with Gasteiger partial charge in [-0.1, -0.05) is 25.1 Å². The zero-order chi connectivity index (χ0) is 19.8. The highest BCUT2D eigenvalue weighted by Gasteiger charge is 2.22. The molecule has 0 saturated carbocycles. The Kier molecular flexibility index (Phi) is 9.82. The van der Waals surface area contributed by atoms with Crippen molar-refractivity contribution in [1.82, 2.24) is 15.5 Å². The third-order valence-corrected chi connectivity index (χ3v) is 5.86. The molecule has 1 saturated heterocycles. The average molecular weight is 529 g/mol. The second-order valence-electron chi connectivity index (χ2n) is 6.83. The van der Waals surface area contributed by atoms with Crippen molar-refractivity contribution in [1.29, 1.82) is 0 Å². The molecular weight excluding hydrogens is 501 g/mol. The lowest BCUT2D eigenvalue weighted by atomic mass is 10.2. The van der Waals surface area contributed by atoms with Crippen LogP contribution in [0.2, 0.25) is 0 Å². The molecule has 0 aliphatic carbocycles. The van der Waals surface area contributed by atoms with E-state index in [4.69, 9.17) is 4.99 Å². The van der Waals surface area contributed by atoms with Crippen molar-refractivity contribution in [3.63, 3.8) is 0 Å². The second-order valence-corrected chi connectivity index (χ2v) is 7.86. The molecule has 1 atom stereocenters. The largest absolute Gasteiger partial charge is 0.355 e. The van der Waals surface area contributed by atoms with Crippen LogP contribution in [0.25, 0.3) is 0 Å². The Morgan fingerprint density at radius 3 is 2.76 bits per heavy atom. The molecule has 29 heavy (non-hydrogen) atoms. The summed E-state index contributed by atoms with van der Waals surface area (Å²) in [5.41, 5.74) is 1.04. The Morgan fingerprint density at radius 2 is 2.10 bits per heavy atom. The molecule has 0 spiro atoms. The number of hydrogen-bond acceptors (Lipinski definition) is 5. The van der Waals surface area contributed by atoms with Gasteiger partial charge in [0.2, 0.25) is 0 Å². The first-order valence-corrected chi connectivity index (χ1v) is 10.6. The molecule has 1 fully saturated rings. The average Bonchev–Trinajstić information content (AvgIpc) is 3.39. The van der Waals surface area contributed by atoms with Crippen molar-refractivity contribution < 1.29 is 4.92 Å². The maximum atomic E-state index is 10.8. The van der Waals surface area contributed by atoms with E-state index in [0.29, 0.717) is 12.6 Å². The number of nitrogens with one attached hydrogen (secondary N) is 2. The van der Waals surface area contributed by atoms with E-state index in [1.807, 2.05) is 6.07 Å². The van der Waals surface area contributed by atoms with Gasteiger partial charge in [0.1, 0.15) is 0 Å². The fourth-order valence-corrected chi connectivity index (χ4v) is 4.05. The summed E-state index contributed by atoms with van der Waals surface area (Å²) in [5.74, 6) is 0.773. The number of nitrogens with zero attached hydrogens (tertiary/aromatic N) is 3. The first-order valence-electron chi connectivity index (χ1n) is 9.67. The molecular formula is C20H28IN5O2S. The molecule has 2 heterocycles. The van der Waals surface area contributed by atoms with Gasteiger partial charge in [-0.25, -0.2) is 4.99 Å². The Bertz CT molecular complexity index is 783. The molecule has 0 radical (unpaired) electrons. The number of nitro benzene ring substituents is 1. The van der Waals surface area contributed by atoms with Crippen molar-refractivity contribution in [3.8, 4) is 0 Å². The summed E-state index contributed by atoms with van der Waals surface area (Å²) in [7, 11) is 0. The van der Waals surface area contributed by atoms with Gasteiger partial charge in [0.05, 0.1) is 18.0 Å². The molecule has 7 nitrogen and oxygen atoms in total. The van der Waals surface area contributed by atoms with Crippen LogP contribution >= 0.6 is 35.3 Å². The van der Waals surface area contributed by atoms with Crippen LogP contribution in [0.3, 0.4) is 0 Å². The molecule has 1 unspecified atom stereocenters. The molecule has 2 N–H and O–H groups in total. The Labute approximate surface area is 192 Å². The van der Waals surface area contributed by atoms with Gasteiger partial charge in [0, 0.05) is 29.6 Å². The van der Waals surface area contributed by atoms with Crippen LogP contribution in [0, 0.1) is 10.1 Å². The Balaban J connectivity index is 0.00000300. The standard InChI is InChI=1S/C20H27N5O2S.HI/c1-2-24-11-3-5-18(24)14-22-20(23-15-19-6-4-12-28-19)21-13-16-7-9-17(10-8-16)25(26)27;/h4,6-10,12,18H,2-3,5,11,13-15H2,1H3,(H2,21,22,23);1H. The van der Waals surface area contributed by atoms with Crippen LogP contribution in [0.5, 0.6) is 0 Å². The van der Waals surface area contributed by atoms with Crippen molar-refractivity contribution in [2.24, 2.45) is 4.99 Å². The van der Waals surface area contributed by atoms with Gasteiger partial charge in [-0.15, -0.1) is 35.3 Å². The highest BCUT2D eigenvalue weighted by Crippen LogP contribution is 2.16. The normalized spacial score (nSPS) is 17.0. The van der Waals surface area contributed by atoms with E-state index in [2.05, 4.69) is 33.9 Å². The summed E-state index contributed by atoms with van der Waals surface area (Å²) in [6.07, 6.45) is 2.46. The highest BCUT2D eigenvalue weighted by atomic mass is 127. The Morgan fingerprint density at radius 1 is 1.31 bits per heavy atom. The monoisotopic (exact) mass is 529 g/mol. The van der Waals surface area contributed by atoms with Gasteiger partial charge in [0.25, 0.3) is 5.69 Å². The third kappa shape index (κ3) is 7.23. The smallest absolute Gasteiger partial charge is 0.269 e. The van der Waals surface area contributed by atoms with Crippen LogP contribution < -0.4 is 10.6 Å². The molecule has 9 heteroatoms. The number of thiophene rings is 1. The maximum Gasteiger partial charge on any atom is 0.269 e. The topological polar surface area (TPSA) is 82.8 Å². The summed E-state index contributed by atoms with van der Waals surface area (Å²) in [4.78, 5) is 18.8. The van der Waals surface area contributed by atoms with E-state index in [1.54, 1.807) is 23.5 Å². The summed E-state index contributed by atoms with van der Waals surface area (Å²) in [5, 5.41) is 19.7. The van der Waals surface area contributed by atoms with E-state index in [0.717, 1.165) is 31.2 Å². The molecule has 1 aromatic carbocycles. The molecule has 1 aliphatic heterocycles. The third-order valence-electron chi connectivity index (χ3n) is 4.99. The molecule has 0 bridgehead atoms. The lowest BCUT2D eigenvalue weighted by Crippen LogP contribution is -2.44. The number of likely N-dealkylation sites (N-methyl/N-ethyl adjacent to an activating group) is 1. The van der Waals surface area contributed by atoms with Crippen molar-refractivity contribution in [2.75, 3.05) is 19.6 Å². The van der Waals surface area contributed by atoms with Crippen LogP contribution in [-0.4, -0.2) is 41.5 Å².